The molecule has 2 aromatic carbocycles. The topological polar surface area (TPSA) is 93.1 Å². The molecule has 1 heterocycles. The van der Waals surface area contributed by atoms with E-state index in [-0.39, 0.29) is 5.91 Å². The Kier molecular flexibility index (Phi) is 4.67. The number of nitrogens with one attached hydrogen (secondary N) is 2. The maximum atomic E-state index is 13.0. The Morgan fingerprint density at radius 2 is 1.45 bits per heavy atom. The van der Waals surface area contributed by atoms with Gasteiger partial charge in [0.05, 0.1) is 0 Å². The summed E-state index contributed by atoms with van der Waals surface area (Å²) in [6.07, 6.45) is 5.34. The van der Waals surface area contributed by atoms with E-state index in [1.165, 1.54) is 41.4 Å². The molecule has 0 unspecified atom stereocenters. The molecule has 0 bridgehead atoms. The van der Waals surface area contributed by atoms with Crippen LogP contribution < -0.4 is 10.6 Å². The van der Waals surface area contributed by atoms with Crippen LogP contribution >= 0.6 is 0 Å². The molecule has 4 rings (SSSR count). The van der Waals surface area contributed by atoms with Crippen LogP contribution in [0.1, 0.15) is 23.2 Å². The van der Waals surface area contributed by atoms with Crippen LogP contribution in [0.5, 0.6) is 0 Å². The molecular formula is C21H17FN4O3. The van der Waals surface area contributed by atoms with Crippen LogP contribution in [0.4, 0.5) is 15.8 Å². The minimum Gasteiger partial charge on any atom is -0.325 e. The van der Waals surface area contributed by atoms with Crippen LogP contribution in [0, 0.1) is 11.2 Å². The van der Waals surface area contributed by atoms with Crippen LogP contribution in [0.2, 0.25) is 0 Å². The zero-order chi connectivity index (χ0) is 20.4. The van der Waals surface area contributed by atoms with Crippen molar-refractivity contribution in [3.8, 4) is 0 Å². The lowest BCUT2D eigenvalue weighted by Gasteiger charge is -2.15. The SMILES string of the molecule is O=C(c1ccc(NC(=O)C2(C(=O)Nc3ccc(F)cc3)CC2)cc1)n1ccnc1. The summed E-state index contributed by atoms with van der Waals surface area (Å²) in [6, 6.07) is 11.8. The standard InChI is InChI=1S/C21H17FN4O3/c22-15-3-7-17(8-4-15)25-20(29)21(9-10-21)19(28)24-16-5-1-14(2-6-16)18(27)26-12-11-23-13-26/h1-8,11-13H,9-10H2,(H,24,28)(H,25,29). The molecule has 1 aliphatic carbocycles. The fourth-order valence-electron chi connectivity index (χ4n) is 2.94. The molecule has 29 heavy (non-hydrogen) atoms. The Labute approximate surface area is 165 Å². The van der Waals surface area contributed by atoms with Crippen molar-refractivity contribution in [1.29, 1.82) is 0 Å². The van der Waals surface area contributed by atoms with Crippen molar-refractivity contribution < 1.29 is 18.8 Å². The lowest BCUT2D eigenvalue weighted by atomic mass is 10.0. The molecule has 146 valence electrons. The van der Waals surface area contributed by atoms with Crippen molar-refractivity contribution in [3.05, 3.63) is 78.6 Å². The summed E-state index contributed by atoms with van der Waals surface area (Å²) in [7, 11) is 0. The van der Waals surface area contributed by atoms with E-state index in [0.717, 1.165) is 0 Å². The van der Waals surface area contributed by atoms with Gasteiger partial charge in [-0.2, -0.15) is 0 Å². The molecule has 0 spiro atoms. The molecule has 0 radical (unpaired) electrons. The summed E-state index contributed by atoms with van der Waals surface area (Å²) < 4.78 is 14.4. The molecule has 0 aliphatic heterocycles. The van der Waals surface area contributed by atoms with Crippen LogP contribution in [0.25, 0.3) is 0 Å². The smallest absolute Gasteiger partial charge is 0.263 e. The number of rotatable bonds is 5. The number of anilines is 2. The number of aromatic nitrogens is 2. The highest BCUT2D eigenvalue weighted by molar-refractivity contribution is 6.17. The van der Waals surface area contributed by atoms with E-state index in [4.69, 9.17) is 0 Å². The van der Waals surface area contributed by atoms with E-state index < -0.39 is 23.0 Å². The summed E-state index contributed by atoms with van der Waals surface area (Å²) in [4.78, 5) is 41.3. The molecule has 7 nitrogen and oxygen atoms in total. The lowest BCUT2D eigenvalue weighted by molar-refractivity contribution is -0.131. The first-order chi connectivity index (χ1) is 14.0. The van der Waals surface area contributed by atoms with E-state index in [2.05, 4.69) is 15.6 Å². The van der Waals surface area contributed by atoms with Gasteiger partial charge in [-0.15, -0.1) is 0 Å². The molecule has 0 saturated heterocycles. The summed E-state index contributed by atoms with van der Waals surface area (Å²) >= 11 is 0. The van der Waals surface area contributed by atoms with Gasteiger partial charge in [-0.1, -0.05) is 0 Å². The highest BCUT2D eigenvalue weighted by Gasteiger charge is 2.56. The molecule has 1 fully saturated rings. The predicted octanol–water partition coefficient (Wildman–Crippen LogP) is 3.07. The fourth-order valence-corrected chi connectivity index (χ4v) is 2.94. The number of carbonyl (C=O) groups excluding carboxylic acids is 3. The van der Waals surface area contributed by atoms with Gasteiger partial charge in [0, 0.05) is 29.3 Å². The Bertz CT molecular complexity index is 1060. The molecule has 1 aliphatic rings. The Morgan fingerprint density at radius 3 is 1.93 bits per heavy atom. The first-order valence-electron chi connectivity index (χ1n) is 8.99. The van der Waals surface area contributed by atoms with Crippen molar-refractivity contribution in [2.45, 2.75) is 12.8 Å². The minimum atomic E-state index is -1.14. The number of benzene rings is 2. The Hall–Kier alpha value is -3.81. The quantitative estimate of drug-likeness (QED) is 0.653. The first-order valence-corrected chi connectivity index (χ1v) is 8.99. The molecule has 0 atom stereocenters. The Morgan fingerprint density at radius 1 is 0.897 bits per heavy atom. The molecule has 3 aromatic rings. The largest absolute Gasteiger partial charge is 0.325 e. The second kappa shape index (κ2) is 7.31. The minimum absolute atomic E-state index is 0.238. The number of halogens is 1. The van der Waals surface area contributed by atoms with Crippen LogP contribution in [0.15, 0.2) is 67.3 Å². The van der Waals surface area contributed by atoms with Crippen LogP contribution in [0.3, 0.4) is 0 Å². The normalized spacial score (nSPS) is 14.1. The molecule has 2 amide bonds. The number of hydrogen-bond acceptors (Lipinski definition) is 4. The van der Waals surface area contributed by atoms with Crippen LogP contribution in [-0.4, -0.2) is 27.3 Å². The van der Waals surface area contributed by atoms with E-state index in [1.54, 1.807) is 30.5 Å². The molecule has 2 N–H and O–H groups in total. The van der Waals surface area contributed by atoms with Crippen molar-refractivity contribution in [1.82, 2.24) is 9.55 Å². The zero-order valence-corrected chi connectivity index (χ0v) is 15.3. The number of amides is 2. The second-order valence-corrected chi connectivity index (χ2v) is 6.85. The molecule has 1 aromatic heterocycles. The van der Waals surface area contributed by atoms with Gasteiger partial charge in [0.2, 0.25) is 11.8 Å². The highest BCUT2D eigenvalue weighted by Crippen LogP contribution is 2.47. The summed E-state index contributed by atoms with van der Waals surface area (Å²) in [6.45, 7) is 0. The maximum absolute atomic E-state index is 13.0. The summed E-state index contributed by atoms with van der Waals surface area (Å²) in [5.74, 6) is -1.48. The number of hydrogen-bond donors (Lipinski definition) is 2. The van der Waals surface area contributed by atoms with E-state index >= 15 is 0 Å². The van der Waals surface area contributed by atoms with Crippen LogP contribution in [-0.2, 0) is 9.59 Å². The fraction of sp³-hybridized carbons (Fsp3) is 0.143. The van der Waals surface area contributed by atoms with E-state index in [9.17, 15) is 18.8 Å². The van der Waals surface area contributed by atoms with Gasteiger partial charge in [-0.25, -0.2) is 9.37 Å². The monoisotopic (exact) mass is 392 g/mol. The average Bonchev–Trinajstić information content (AvgIpc) is 3.37. The lowest BCUT2D eigenvalue weighted by Crippen LogP contribution is -2.35. The van der Waals surface area contributed by atoms with Gasteiger partial charge >= 0.3 is 0 Å². The Balaban J connectivity index is 1.41. The third-order valence-corrected chi connectivity index (χ3v) is 4.85. The average molecular weight is 392 g/mol. The number of carbonyl (C=O) groups is 3. The van der Waals surface area contributed by atoms with Gasteiger partial charge in [0.1, 0.15) is 17.6 Å². The molecule has 1 saturated carbocycles. The van der Waals surface area contributed by atoms with Crippen molar-refractivity contribution >= 4 is 29.1 Å². The second-order valence-electron chi connectivity index (χ2n) is 6.85. The van der Waals surface area contributed by atoms with Crippen molar-refractivity contribution in [2.75, 3.05) is 10.6 Å². The van der Waals surface area contributed by atoms with Gasteiger partial charge < -0.3 is 10.6 Å². The van der Waals surface area contributed by atoms with Crippen molar-refractivity contribution in [2.24, 2.45) is 5.41 Å². The van der Waals surface area contributed by atoms with Gasteiger partial charge in [0.15, 0.2) is 0 Å². The first kappa shape index (κ1) is 18.5. The number of imidazole rings is 1. The zero-order valence-electron chi connectivity index (χ0n) is 15.3. The van der Waals surface area contributed by atoms with Gasteiger partial charge in [-0.3, -0.25) is 19.0 Å². The predicted molar refractivity (Wildman–Crippen MR) is 104 cm³/mol. The molecule has 8 heteroatoms. The van der Waals surface area contributed by atoms with Gasteiger partial charge in [0.25, 0.3) is 5.91 Å². The third kappa shape index (κ3) is 3.77. The van der Waals surface area contributed by atoms with Crippen molar-refractivity contribution in [3.63, 3.8) is 0 Å². The maximum Gasteiger partial charge on any atom is 0.263 e. The highest BCUT2D eigenvalue weighted by atomic mass is 19.1. The third-order valence-electron chi connectivity index (χ3n) is 4.85. The van der Waals surface area contributed by atoms with Gasteiger partial charge in [-0.05, 0) is 61.4 Å². The molecular weight excluding hydrogens is 375 g/mol. The number of nitrogens with zero attached hydrogens (tertiary/aromatic N) is 2. The summed E-state index contributed by atoms with van der Waals surface area (Å²) in [5.41, 5.74) is 0.215. The summed E-state index contributed by atoms with van der Waals surface area (Å²) in [5, 5.41) is 5.39. The van der Waals surface area contributed by atoms with E-state index in [0.29, 0.717) is 29.8 Å². The van der Waals surface area contributed by atoms with E-state index in [1.807, 2.05) is 0 Å².